The molecule has 0 saturated carbocycles. The van der Waals surface area contributed by atoms with E-state index in [1.54, 1.807) is 0 Å². The molecule has 5 nitrogen and oxygen atoms in total. The lowest BCUT2D eigenvalue weighted by Gasteiger charge is -2.34. The number of carbonyl (C=O) groups excluding carboxylic acids is 1. The molecule has 0 atom stereocenters. The van der Waals surface area contributed by atoms with Crippen molar-refractivity contribution in [2.24, 2.45) is 5.73 Å². The summed E-state index contributed by atoms with van der Waals surface area (Å²) in [6.07, 6.45) is 0. The Kier molecular flexibility index (Phi) is 4.33. The Bertz CT molecular complexity index is 401. The molecule has 6 heteroatoms. The predicted molar refractivity (Wildman–Crippen MR) is 74.7 cm³/mol. The lowest BCUT2D eigenvalue weighted by Crippen LogP contribution is -2.44. The molecule has 1 saturated heterocycles. The van der Waals surface area contributed by atoms with Gasteiger partial charge in [-0.05, 0) is 43.3 Å². The largest absolute Gasteiger partial charge is 0.369 e. The molecular weight excluding hydrogens is 248 g/mol. The molecule has 0 aromatic heterocycles. The molecule has 1 aliphatic heterocycles. The number of carbonyl (C=O) groups is 1. The van der Waals surface area contributed by atoms with Crippen molar-refractivity contribution in [3.8, 4) is 0 Å². The third kappa shape index (κ3) is 3.54. The molecule has 18 heavy (non-hydrogen) atoms. The topological polar surface area (TPSA) is 61.6 Å². The summed E-state index contributed by atoms with van der Waals surface area (Å²) in [7, 11) is 2.15. The van der Waals surface area contributed by atoms with Crippen LogP contribution in [0.3, 0.4) is 0 Å². The summed E-state index contributed by atoms with van der Waals surface area (Å²) in [5.74, 6) is 0. The average Bonchev–Trinajstić information content (AvgIpc) is 2.38. The van der Waals surface area contributed by atoms with E-state index >= 15 is 0 Å². The second-order valence-electron chi connectivity index (χ2n) is 4.35. The van der Waals surface area contributed by atoms with Gasteiger partial charge in [-0.3, -0.25) is 4.72 Å². The SMILES string of the molecule is CN1CCN(c2ccc(SNC(N)=O)cc2)CC1. The van der Waals surface area contributed by atoms with E-state index in [4.69, 9.17) is 5.73 Å². The van der Waals surface area contributed by atoms with Crippen molar-refractivity contribution in [2.45, 2.75) is 4.90 Å². The standard InChI is InChI=1S/C12H18N4OS/c1-15-6-8-16(9-7-15)10-2-4-11(5-3-10)18-14-12(13)17/h2-5H,6-9H2,1H3,(H3,13,14,17). The van der Waals surface area contributed by atoms with Gasteiger partial charge in [0.05, 0.1) is 0 Å². The molecule has 1 aromatic carbocycles. The second-order valence-corrected chi connectivity index (χ2v) is 5.23. The van der Waals surface area contributed by atoms with E-state index in [1.165, 1.54) is 17.6 Å². The van der Waals surface area contributed by atoms with E-state index < -0.39 is 6.03 Å². The number of likely N-dealkylation sites (N-methyl/N-ethyl adjacent to an activating group) is 1. The van der Waals surface area contributed by atoms with Gasteiger partial charge in [-0.1, -0.05) is 0 Å². The number of hydrogen-bond acceptors (Lipinski definition) is 4. The molecule has 0 bridgehead atoms. The number of nitrogens with zero attached hydrogens (tertiary/aromatic N) is 2. The molecule has 0 spiro atoms. The number of piperazine rings is 1. The van der Waals surface area contributed by atoms with Gasteiger partial charge < -0.3 is 15.5 Å². The number of nitrogens with one attached hydrogen (secondary N) is 1. The maximum Gasteiger partial charge on any atom is 0.322 e. The minimum atomic E-state index is -0.525. The first-order valence-electron chi connectivity index (χ1n) is 5.91. The minimum absolute atomic E-state index is 0.525. The highest BCUT2D eigenvalue weighted by atomic mass is 32.2. The Morgan fingerprint density at radius 2 is 1.83 bits per heavy atom. The highest BCUT2D eigenvalue weighted by molar-refractivity contribution is 7.98. The van der Waals surface area contributed by atoms with E-state index in [0.29, 0.717) is 0 Å². The molecule has 3 N–H and O–H groups in total. The van der Waals surface area contributed by atoms with Gasteiger partial charge in [0.15, 0.2) is 0 Å². The fourth-order valence-electron chi connectivity index (χ4n) is 1.90. The third-order valence-corrected chi connectivity index (χ3v) is 3.79. The Morgan fingerprint density at radius 3 is 2.39 bits per heavy atom. The number of benzene rings is 1. The van der Waals surface area contributed by atoms with Crippen LogP contribution in [0.2, 0.25) is 0 Å². The summed E-state index contributed by atoms with van der Waals surface area (Å²) in [4.78, 5) is 16.3. The monoisotopic (exact) mass is 266 g/mol. The number of anilines is 1. The van der Waals surface area contributed by atoms with E-state index in [0.717, 1.165) is 31.1 Å². The quantitative estimate of drug-likeness (QED) is 0.805. The van der Waals surface area contributed by atoms with Crippen LogP contribution in [0.15, 0.2) is 29.2 Å². The second kappa shape index (κ2) is 5.97. The summed E-state index contributed by atoms with van der Waals surface area (Å²) < 4.78 is 2.50. The van der Waals surface area contributed by atoms with E-state index in [9.17, 15) is 4.79 Å². The zero-order chi connectivity index (χ0) is 13.0. The summed E-state index contributed by atoms with van der Waals surface area (Å²) in [6, 6.07) is 7.62. The lowest BCUT2D eigenvalue weighted by atomic mass is 10.2. The zero-order valence-electron chi connectivity index (χ0n) is 10.4. The molecule has 2 amide bonds. The molecule has 1 aliphatic rings. The first kappa shape index (κ1) is 13.0. The van der Waals surface area contributed by atoms with Gasteiger partial charge in [-0.25, -0.2) is 4.79 Å². The summed E-state index contributed by atoms with van der Waals surface area (Å²) >= 11 is 1.23. The number of hydrogen-bond donors (Lipinski definition) is 2. The molecule has 2 rings (SSSR count). The van der Waals surface area contributed by atoms with E-state index in [1.807, 2.05) is 12.1 Å². The van der Waals surface area contributed by atoms with Crippen LogP contribution in [0, 0.1) is 0 Å². The summed E-state index contributed by atoms with van der Waals surface area (Å²) in [5.41, 5.74) is 6.24. The fourth-order valence-corrected chi connectivity index (χ4v) is 2.39. The molecular formula is C12H18N4OS. The Hall–Kier alpha value is -1.40. The minimum Gasteiger partial charge on any atom is -0.369 e. The van der Waals surface area contributed by atoms with Crippen LogP contribution in [0.1, 0.15) is 0 Å². The molecule has 1 heterocycles. The number of amides is 2. The van der Waals surface area contributed by atoms with Crippen molar-refractivity contribution in [3.05, 3.63) is 24.3 Å². The fraction of sp³-hybridized carbons (Fsp3) is 0.417. The van der Waals surface area contributed by atoms with E-state index in [2.05, 4.69) is 33.7 Å². The molecule has 0 unspecified atom stereocenters. The number of nitrogens with two attached hydrogens (primary N) is 1. The molecule has 1 fully saturated rings. The van der Waals surface area contributed by atoms with Gasteiger partial charge in [0.2, 0.25) is 0 Å². The van der Waals surface area contributed by atoms with Gasteiger partial charge in [-0.15, -0.1) is 0 Å². The predicted octanol–water partition coefficient (Wildman–Crippen LogP) is 1.11. The van der Waals surface area contributed by atoms with Gasteiger partial charge >= 0.3 is 6.03 Å². The van der Waals surface area contributed by atoms with Gasteiger partial charge in [0.25, 0.3) is 0 Å². The van der Waals surface area contributed by atoms with Crippen LogP contribution in [0.4, 0.5) is 10.5 Å². The summed E-state index contributed by atoms with van der Waals surface area (Å²) in [5, 5.41) is 0. The molecule has 98 valence electrons. The zero-order valence-corrected chi connectivity index (χ0v) is 11.2. The van der Waals surface area contributed by atoms with Crippen LogP contribution in [-0.4, -0.2) is 44.2 Å². The van der Waals surface area contributed by atoms with Crippen LogP contribution >= 0.6 is 11.9 Å². The van der Waals surface area contributed by atoms with Crippen molar-refractivity contribution < 1.29 is 4.79 Å². The third-order valence-electron chi connectivity index (χ3n) is 2.97. The van der Waals surface area contributed by atoms with Crippen LogP contribution in [0.5, 0.6) is 0 Å². The van der Waals surface area contributed by atoms with Crippen molar-refractivity contribution in [2.75, 3.05) is 38.1 Å². The Balaban J connectivity index is 1.93. The van der Waals surface area contributed by atoms with Crippen molar-refractivity contribution in [1.82, 2.24) is 9.62 Å². The smallest absolute Gasteiger partial charge is 0.322 e. The van der Waals surface area contributed by atoms with Gasteiger partial charge in [0, 0.05) is 36.8 Å². The number of rotatable bonds is 3. The molecule has 0 aliphatic carbocycles. The first-order chi connectivity index (χ1) is 8.65. The Labute approximate surface area is 111 Å². The van der Waals surface area contributed by atoms with Crippen molar-refractivity contribution in [1.29, 1.82) is 0 Å². The van der Waals surface area contributed by atoms with E-state index in [-0.39, 0.29) is 0 Å². The van der Waals surface area contributed by atoms with Crippen molar-refractivity contribution in [3.63, 3.8) is 0 Å². The van der Waals surface area contributed by atoms with Gasteiger partial charge in [0.1, 0.15) is 0 Å². The highest BCUT2D eigenvalue weighted by Crippen LogP contribution is 2.21. The first-order valence-corrected chi connectivity index (χ1v) is 6.72. The van der Waals surface area contributed by atoms with Crippen LogP contribution < -0.4 is 15.4 Å². The normalized spacial score (nSPS) is 16.6. The van der Waals surface area contributed by atoms with Crippen LogP contribution in [0.25, 0.3) is 0 Å². The number of urea groups is 1. The highest BCUT2D eigenvalue weighted by Gasteiger charge is 2.13. The maximum atomic E-state index is 10.6. The van der Waals surface area contributed by atoms with Gasteiger partial charge in [-0.2, -0.15) is 0 Å². The molecule has 0 radical (unpaired) electrons. The molecule has 1 aromatic rings. The Morgan fingerprint density at radius 1 is 1.22 bits per heavy atom. The van der Waals surface area contributed by atoms with Crippen molar-refractivity contribution >= 4 is 23.7 Å². The summed E-state index contributed by atoms with van der Waals surface area (Å²) in [6.45, 7) is 4.31. The van der Waals surface area contributed by atoms with Crippen LogP contribution in [-0.2, 0) is 0 Å². The lowest BCUT2D eigenvalue weighted by molar-refractivity contribution is 0.254. The number of primary amides is 1. The average molecular weight is 266 g/mol. The maximum absolute atomic E-state index is 10.6.